The van der Waals surface area contributed by atoms with E-state index in [4.69, 9.17) is 0 Å². The van der Waals surface area contributed by atoms with E-state index in [9.17, 15) is 19.7 Å². The fourth-order valence-corrected chi connectivity index (χ4v) is 3.04. The van der Waals surface area contributed by atoms with Gasteiger partial charge in [-0.3, -0.25) is 14.9 Å². The van der Waals surface area contributed by atoms with Crippen molar-refractivity contribution in [2.75, 3.05) is 0 Å². The summed E-state index contributed by atoms with van der Waals surface area (Å²) >= 11 is 0. The standard InChI is InChI=1S/C18H17N3O4/c1-3-11-9-13(21(24)25)10-12(4-2)16(11)20-17(22)14-7-5-6-8-15(14)19-18(20)23/h5-10H,3-4H2,1-2H3,(H,19,23). The predicted octanol–water partition coefficient (Wildman–Crippen LogP) is 2.71. The summed E-state index contributed by atoms with van der Waals surface area (Å²) in [5.74, 6) is 0. The Hall–Kier alpha value is -3.22. The minimum atomic E-state index is -0.554. The lowest BCUT2D eigenvalue weighted by Gasteiger charge is -2.15. The van der Waals surface area contributed by atoms with E-state index in [0.717, 1.165) is 4.57 Å². The quantitative estimate of drug-likeness (QED) is 0.583. The van der Waals surface area contributed by atoms with Crippen LogP contribution in [0.3, 0.4) is 0 Å². The van der Waals surface area contributed by atoms with Crippen LogP contribution >= 0.6 is 0 Å². The monoisotopic (exact) mass is 339 g/mol. The van der Waals surface area contributed by atoms with Gasteiger partial charge in [-0.2, -0.15) is 0 Å². The normalized spacial score (nSPS) is 11.0. The third-order valence-electron chi connectivity index (χ3n) is 4.25. The van der Waals surface area contributed by atoms with Gasteiger partial charge in [0.15, 0.2) is 0 Å². The number of H-pyrrole nitrogens is 1. The lowest BCUT2D eigenvalue weighted by molar-refractivity contribution is -0.385. The summed E-state index contributed by atoms with van der Waals surface area (Å²) in [6, 6.07) is 9.63. The Bertz CT molecular complexity index is 1070. The van der Waals surface area contributed by atoms with Gasteiger partial charge < -0.3 is 4.98 Å². The fraction of sp³-hybridized carbons (Fsp3) is 0.222. The number of aromatic amines is 1. The highest BCUT2D eigenvalue weighted by Gasteiger charge is 2.19. The van der Waals surface area contributed by atoms with Gasteiger partial charge in [0.1, 0.15) is 0 Å². The first-order valence-corrected chi connectivity index (χ1v) is 8.02. The number of nitro groups is 1. The average molecular weight is 339 g/mol. The molecule has 0 aliphatic rings. The van der Waals surface area contributed by atoms with Gasteiger partial charge in [0.25, 0.3) is 11.2 Å². The third kappa shape index (κ3) is 2.73. The summed E-state index contributed by atoms with van der Waals surface area (Å²) in [6.07, 6.45) is 0.922. The maximum Gasteiger partial charge on any atom is 0.333 e. The number of non-ortho nitro benzene ring substituents is 1. The second-order valence-corrected chi connectivity index (χ2v) is 5.69. The van der Waals surface area contributed by atoms with Crippen molar-refractivity contribution in [2.45, 2.75) is 26.7 Å². The molecule has 0 bridgehead atoms. The molecular weight excluding hydrogens is 322 g/mol. The maximum absolute atomic E-state index is 12.9. The van der Waals surface area contributed by atoms with E-state index in [1.807, 2.05) is 13.8 Å². The lowest BCUT2D eigenvalue weighted by Crippen LogP contribution is -2.35. The number of para-hydroxylation sites is 1. The number of nitro benzene ring substituents is 1. The Labute approximate surface area is 142 Å². The van der Waals surface area contributed by atoms with Crippen LogP contribution in [0.4, 0.5) is 5.69 Å². The summed E-state index contributed by atoms with van der Waals surface area (Å²) in [7, 11) is 0. The van der Waals surface area contributed by atoms with E-state index in [-0.39, 0.29) is 5.69 Å². The van der Waals surface area contributed by atoms with Crippen LogP contribution in [0.1, 0.15) is 25.0 Å². The van der Waals surface area contributed by atoms with Gasteiger partial charge in [0.05, 0.1) is 21.5 Å². The van der Waals surface area contributed by atoms with Crippen molar-refractivity contribution in [3.63, 3.8) is 0 Å². The van der Waals surface area contributed by atoms with Crippen molar-refractivity contribution in [1.82, 2.24) is 9.55 Å². The number of hydrogen-bond donors (Lipinski definition) is 1. The summed E-state index contributed by atoms with van der Waals surface area (Å²) in [5.41, 5.74) is 1.06. The van der Waals surface area contributed by atoms with Crippen molar-refractivity contribution in [2.24, 2.45) is 0 Å². The number of aromatic nitrogens is 2. The van der Waals surface area contributed by atoms with E-state index < -0.39 is 16.2 Å². The van der Waals surface area contributed by atoms with E-state index in [1.54, 1.807) is 24.3 Å². The molecule has 7 heteroatoms. The van der Waals surface area contributed by atoms with Crippen LogP contribution in [0, 0.1) is 10.1 Å². The van der Waals surface area contributed by atoms with Gasteiger partial charge in [0, 0.05) is 12.1 Å². The molecule has 0 aliphatic heterocycles. The molecule has 0 atom stereocenters. The average Bonchev–Trinajstić information content (AvgIpc) is 2.61. The number of hydrogen-bond acceptors (Lipinski definition) is 4. The van der Waals surface area contributed by atoms with E-state index in [1.165, 1.54) is 12.1 Å². The molecule has 1 N–H and O–H groups in total. The molecule has 0 spiro atoms. The first-order valence-electron chi connectivity index (χ1n) is 8.02. The minimum Gasteiger partial charge on any atom is -0.306 e. The highest BCUT2D eigenvalue weighted by Crippen LogP contribution is 2.26. The maximum atomic E-state index is 12.9. The summed E-state index contributed by atoms with van der Waals surface area (Å²) in [4.78, 5) is 38.9. The van der Waals surface area contributed by atoms with Gasteiger partial charge in [-0.05, 0) is 36.1 Å². The van der Waals surface area contributed by atoms with Gasteiger partial charge >= 0.3 is 5.69 Å². The van der Waals surface area contributed by atoms with Crippen LogP contribution in [0.25, 0.3) is 16.6 Å². The van der Waals surface area contributed by atoms with Crippen LogP contribution in [-0.2, 0) is 12.8 Å². The van der Waals surface area contributed by atoms with Crippen LogP contribution in [0.5, 0.6) is 0 Å². The van der Waals surface area contributed by atoms with Crippen molar-refractivity contribution in [1.29, 1.82) is 0 Å². The molecule has 0 unspecified atom stereocenters. The molecule has 1 aromatic heterocycles. The number of aryl methyl sites for hydroxylation is 2. The molecule has 128 valence electrons. The fourth-order valence-electron chi connectivity index (χ4n) is 3.04. The molecule has 0 aliphatic carbocycles. The smallest absolute Gasteiger partial charge is 0.306 e. The highest BCUT2D eigenvalue weighted by atomic mass is 16.6. The summed E-state index contributed by atoms with van der Waals surface area (Å²) < 4.78 is 1.09. The molecule has 3 aromatic rings. The van der Waals surface area contributed by atoms with Gasteiger partial charge in [0.2, 0.25) is 0 Å². The Balaban J connectivity index is 2.45. The van der Waals surface area contributed by atoms with Crippen molar-refractivity contribution in [3.8, 4) is 5.69 Å². The zero-order valence-corrected chi connectivity index (χ0v) is 13.9. The Morgan fingerprint density at radius 1 is 1.08 bits per heavy atom. The Morgan fingerprint density at radius 2 is 1.68 bits per heavy atom. The number of rotatable bonds is 4. The second kappa shape index (κ2) is 6.35. The summed E-state index contributed by atoms with van der Waals surface area (Å²) in [5, 5.41) is 11.6. The molecule has 0 saturated heterocycles. The SMILES string of the molecule is CCc1cc([N+](=O)[O-])cc(CC)c1-n1c(=O)[nH]c2ccccc2c1=O. The lowest BCUT2D eigenvalue weighted by atomic mass is 10.0. The molecule has 0 amide bonds. The molecular formula is C18H17N3O4. The highest BCUT2D eigenvalue weighted by molar-refractivity contribution is 5.77. The molecule has 3 rings (SSSR count). The second-order valence-electron chi connectivity index (χ2n) is 5.69. The molecule has 7 nitrogen and oxygen atoms in total. The molecule has 2 aromatic carbocycles. The Morgan fingerprint density at radius 3 is 2.24 bits per heavy atom. The van der Waals surface area contributed by atoms with E-state index >= 15 is 0 Å². The number of fused-ring (bicyclic) bond motifs is 1. The zero-order chi connectivity index (χ0) is 18.1. The first-order chi connectivity index (χ1) is 12.0. The van der Waals surface area contributed by atoms with E-state index in [0.29, 0.717) is 40.6 Å². The molecule has 0 saturated carbocycles. The van der Waals surface area contributed by atoms with E-state index in [2.05, 4.69) is 4.98 Å². The topological polar surface area (TPSA) is 98.0 Å². The molecule has 25 heavy (non-hydrogen) atoms. The number of benzene rings is 2. The first kappa shape index (κ1) is 16.6. The molecule has 1 heterocycles. The molecule has 0 radical (unpaired) electrons. The van der Waals surface area contributed by atoms with Crippen LogP contribution < -0.4 is 11.2 Å². The van der Waals surface area contributed by atoms with Gasteiger partial charge in [-0.15, -0.1) is 0 Å². The minimum absolute atomic E-state index is 0.0392. The van der Waals surface area contributed by atoms with Crippen LogP contribution in [0.2, 0.25) is 0 Å². The van der Waals surface area contributed by atoms with Crippen molar-refractivity contribution < 1.29 is 4.92 Å². The largest absolute Gasteiger partial charge is 0.333 e. The number of nitrogens with one attached hydrogen (secondary N) is 1. The molecule has 0 fully saturated rings. The zero-order valence-electron chi connectivity index (χ0n) is 13.9. The van der Waals surface area contributed by atoms with Crippen LogP contribution in [0.15, 0.2) is 46.0 Å². The van der Waals surface area contributed by atoms with Crippen LogP contribution in [-0.4, -0.2) is 14.5 Å². The Kier molecular flexibility index (Phi) is 4.22. The van der Waals surface area contributed by atoms with Gasteiger partial charge in [-0.25, -0.2) is 9.36 Å². The van der Waals surface area contributed by atoms with Crippen molar-refractivity contribution in [3.05, 3.63) is 78.5 Å². The third-order valence-corrected chi connectivity index (χ3v) is 4.25. The predicted molar refractivity (Wildman–Crippen MR) is 95.6 cm³/mol. The summed E-state index contributed by atoms with van der Waals surface area (Å²) in [6.45, 7) is 3.67. The number of nitrogens with zero attached hydrogens (tertiary/aromatic N) is 2. The van der Waals surface area contributed by atoms with Gasteiger partial charge in [-0.1, -0.05) is 26.0 Å². The van der Waals surface area contributed by atoms with Crippen molar-refractivity contribution >= 4 is 16.6 Å².